The summed E-state index contributed by atoms with van der Waals surface area (Å²) in [6.45, 7) is 1.25. The average molecular weight is 476 g/mol. The number of alkyl halides is 2. The van der Waals surface area contributed by atoms with Crippen molar-refractivity contribution in [2.24, 2.45) is 0 Å². The summed E-state index contributed by atoms with van der Waals surface area (Å²) < 4.78 is 27.0. The highest BCUT2D eigenvalue weighted by atomic mass is 32.1. The lowest BCUT2D eigenvalue weighted by atomic mass is 10.1. The van der Waals surface area contributed by atoms with E-state index in [1.54, 1.807) is 23.6 Å². The molecule has 8 nitrogen and oxygen atoms in total. The highest BCUT2D eigenvalue weighted by molar-refractivity contribution is 7.09. The number of benzene rings is 1. The van der Waals surface area contributed by atoms with Crippen LogP contribution in [-0.2, 0) is 11.2 Å². The van der Waals surface area contributed by atoms with Gasteiger partial charge in [-0.25, -0.2) is 13.8 Å². The van der Waals surface area contributed by atoms with Gasteiger partial charge in [-0.1, -0.05) is 19.1 Å². The van der Waals surface area contributed by atoms with Crippen LogP contribution < -0.4 is 10.6 Å². The first-order valence-electron chi connectivity index (χ1n) is 10.4. The number of carbonyl (C=O) groups is 3. The second-order valence-corrected chi connectivity index (χ2v) is 8.61. The standard InChI is InChI=1S/C22H23F2N5O3S/c1-2-7-26-20(31)15-5-3-14(4-6-15)8-18-28-17(12-33-18)21(32)27-11-19(30)29-13-22(23,24)9-16(29)10-25/h3-6,12,16H,2,7-9,11,13H2,1H3,(H,26,31)(H,27,32)/t16-/m0/s1. The van der Waals surface area contributed by atoms with Gasteiger partial charge in [0.2, 0.25) is 5.91 Å². The molecule has 1 fully saturated rings. The number of nitriles is 1. The zero-order valence-corrected chi connectivity index (χ0v) is 18.8. The Morgan fingerprint density at radius 3 is 2.64 bits per heavy atom. The van der Waals surface area contributed by atoms with Gasteiger partial charge in [0.05, 0.1) is 24.2 Å². The molecule has 1 atom stereocenters. The summed E-state index contributed by atoms with van der Waals surface area (Å²) in [4.78, 5) is 41.5. The predicted octanol–water partition coefficient (Wildman–Crippen LogP) is 2.36. The van der Waals surface area contributed by atoms with E-state index >= 15 is 0 Å². The monoisotopic (exact) mass is 475 g/mol. The Labute approximate surface area is 193 Å². The van der Waals surface area contributed by atoms with Crippen LogP contribution in [0.2, 0.25) is 0 Å². The Morgan fingerprint density at radius 1 is 1.24 bits per heavy atom. The minimum absolute atomic E-state index is 0.113. The van der Waals surface area contributed by atoms with E-state index in [0.29, 0.717) is 23.5 Å². The van der Waals surface area contributed by atoms with Gasteiger partial charge in [-0.2, -0.15) is 5.26 Å². The van der Waals surface area contributed by atoms with E-state index < -0.39 is 43.3 Å². The van der Waals surface area contributed by atoms with Crippen LogP contribution in [0.15, 0.2) is 29.6 Å². The van der Waals surface area contributed by atoms with Gasteiger partial charge in [0.25, 0.3) is 17.7 Å². The molecular weight excluding hydrogens is 452 g/mol. The summed E-state index contributed by atoms with van der Waals surface area (Å²) in [5, 5.41) is 16.4. The number of amides is 3. The fourth-order valence-corrected chi connectivity index (χ4v) is 4.14. The summed E-state index contributed by atoms with van der Waals surface area (Å²) in [6.07, 6.45) is 0.607. The zero-order chi connectivity index (χ0) is 24.0. The second-order valence-electron chi connectivity index (χ2n) is 7.67. The minimum atomic E-state index is -3.11. The summed E-state index contributed by atoms with van der Waals surface area (Å²) in [5.41, 5.74) is 1.59. The van der Waals surface area contributed by atoms with Crippen molar-refractivity contribution < 1.29 is 23.2 Å². The Kier molecular flexibility index (Phi) is 7.71. The lowest BCUT2D eigenvalue weighted by Crippen LogP contribution is -2.43. The molecule has 0 bridgehead atoms. The Bertz CT molecular complexity index is 1060. The van der Waals surface area contributed by atoms with Crippen molar-refractivity contribution in [3.63, 3.8) is 0 Å². The predicted molar refractivity (Wildman–Crippen MR) is 117 cm³/mol. The molecule has 2 N–H and O–H groups in total. The Balaban J connectivity index is 1.53. The highest BCUT2D eigenvalue weighted by Crippen LogP contribution is 2.31. The van der Waals surface area contributed by atoms with Gasteiger partial charge in [0, 0.05) is 30.3 Å². The maximum absolute atomic E-state index is 13.5. The second kappa shape index (κ2) is 10.5. The molecule has 0 saturated carbocycles. The molecule has 2 heterocycles. The SMILES string of the molecule is CCCNC(=O)c1ccc(Cc2nc(C(=O)NCC(=O)N3CC(F)(F)C[C@H]3C#N)cs2)cc1. The molecule has 174 valence electrons. The van der Waals surface area contributed by atoms with Gasteiger partial charge < -0.3 is 15.5 Å². The van der Waals surface area contributed by atoms with Crippen molar-refractivity contribution in [2.75, 3.05) is 19.6 Å². The van der Waals surface area contributed by atoms with Crippen molar-refractivity contribution in [2.45, 2.75) is 38.2 Å². The van der Waals surface area contributed by atoms with Gasteiger partial charge in [0.1, 0.15) is 11.7 Å². The van der Waals surface area contributed by atoms with Gasteiger partial charge >= 0.3 is 0 Å². The first-order chi connectivity index (χ1) is 15.7. The molecule has 1 aliphatic heterocycles. The van der Waals surface area contributed by atoms with Crippen molar-refractivity contribution in [1.82, 2.24) is 20.5 Å². The lowest BCUT2D eigenvalue weighted by Gasteiger charge is -2.19. The first-order valence-corrected chi connectivity index (χ1v) is 11.3. The van der Waals surface area contributed by atoms with E-state index in [-0.39, 0.29) is 11.6 Å². The van der Waals surface area contributed by atoms with Crippen molar-refractivity contribution in [3.05, 3.63) is 51.5 Å². The van der Waals surface area contributed by atoms with Gasteiger partial charge in [-0.3, -0.25) is 14.4 Å². The summed E-state index contributed by atoms with van der Waals surface area (Å²) in [6, 6.07) is 7.57. The van der Waals surface area contributed by atoms with Crippen molar-refractivity contribution in [1.29, 1.82) is 5.26 Å². The molecule has 0 spiro atoms. The normalized spacial score (nSPS) is 16.8. The fraction of sp³-hybridized carbons (Fsp3) is 0.409. The molecule has 0 unspecified atom stereocenters. The van der Waals surface area contributed by atoms with Crippen LogP contribution in [0, 0.1) is 11.3 Å². The largest absolute Gasteiger partial charge is 0.352 e. The molecule has 1 aromatic heterocycles. The summed E-state index contributed by atoms with van der Waals surface area (Å²) in [7, 11) is 0. The quantitative estimate of drug-likeness (QED) is 0.608. The molecule has 3 amide bonds. The van der Waals surface area contributed by atoms with E-state index in [1.165, 1.54) is 11.3 Å². The van der Waals surface area contributed by atoms with Crippen LogP contribution in [0.3, 0.4) is 0 Å². The number of nitrogens with zero attached hydrogens (tertiary/aromatic N) is 3. The van der Waals surface area contributed by atoms with Crippen molar-refractivity contribution in [3.8, 4) is 6.07 Å². The number of carbonyl (C=O) groups excluding carboxylic acids is 3. The van der Waals surface area contributed by atoms with Crippen LogP contribution in [0.1, 0.15) is 51.2 Å². The summed E-state index contributed by atoms with van der Waals surface area (Å²) >= 11 is 1.27. The zero-order valence-electron chi connectivity index (χ0n) is 17.9. The number of thiazole rings is 1. The Hall–Kier alpha value is -3.39. The number of nitrogens with one attached hydrogen (secondary N) is 2. The van der Waals surface area contributed by atoms with Crippen LogP contribution in [-0.4, -0.2) is 59.2 Å². The van der Waals surface area contributed by atoms with Gasteiger partial charge in [-0.05, 0) is 24.1 Å². The van der Waals surface area contributed by atoms with E-state index in [1.807, 2.05) is 19.1 Å². The van der Waals surface area contributed by atoms with Crippen LogP contribution >= 0.6 is 11.3 Å². The van der Waals surface area contributed by atoms with Crippen LogP contribution in [0.4, 0.5) is 8.78 Å². The van der Waals surface area contributed by atoms with Crippen molar-refractivity contribution >= 4 is 29.1 Å². The molecule has 0 aliphatic carbocycles. The third-order valence-electron chi connectivity index (χ3n) is 5.03. The molecule has 1 aromatic carbocycles. The number of aromatic nitrogens is 1. The van der Waals surface area contributed by atoms with E-state index in [0.717, 1.165) is 16.9 Å². The average Bonchev–Trinajstić information content (AvgIpc) is 3.39. The van der Waals surface area contributed by atoms with Gasteiger partial charge in [-0.15, -0.1) is 11.3 Å². The summed E-state index contributed by atoms with van der Waals surface area (Å²) in [5.74, 6) is -4.59. The third-order valence-corrected chi connectivity index (χ3v) is 5.88. The fourth-order valence-electron chi connectivity index (χ4n) is 3.33. The molecule has 0 radical (unpaired) electrons. The third kappa shape index (κ3) is 6.32. The molecule has 1 saturated heterocycles. The topological polar surface area (TPSA) is 115 Å². The van der Waals surface area contributed by atoms with E-state index in [2.05, 4.69) is 15.6 Å². The van der Waals surface area contributed by atoms with E-state index in [4.69, 9.17) is 5.26 Å². The van der Waals surface area contributed by atoms with E-state index in [9.17, 15) is 23.2 Å². The maximum Gasteiger partial charge on any atom is 0.271 e. The first kappa shape index (κ1) is 24.3. The molecule has 3 rings (SSSR count). The number of likely N-dealkylation sites (tertiary alicyclic amines) is 1. The number of halogens is 2. The highest BCUT2D eigenvalue weighted by Gasteiger charge is 2.47. The number of rotatable bonds is 8. The molecule has 11 heteroatoms. The number of hydrogen-bond acceptors (Lipinski definition) is 6. The maximum atomic E-state index is 13.5. The van der Waals surface area contributed by atoms with Gasteiger partial charge in [0.15, 0.2) is 0 Å². The Morgan fingerprint density at radius 2 is 1.97 bits per heavy atom. The lowest BCUT2D eigenvalue weighted by molar-refractivity contribution is -0.131. The molecule has 2 aromatic rings. The number of hydrogen-bond donors (Lipinski definition) is 2. The molecule has 33 heavy (non-hydrogen) atoms. The molecule has 1 aliphatic rings. The van der Waals surface area contributed by atoms with Crippen LogP contribution in [0.25, 0.3) is 0 Å². The van der Waals surface area contributed by atoms with Crippen LogP contribution in [0.5, 0.6) is 0 Å². The minimum Gasteiger partial charge on any atom is -0.352 e. The molecular formula is C22H23F2N5O3S. The smallest absolute Gasteiger partial charge is 0.271 e.